The van der Waals surface area contributed by atoms with Crippen LogP contribution in [0.15, 0.2) is 0 Å². The van der Waals surface area contributed by atoms with Crippen molar-refractivity contribution in [1.82, 2.24) is 40.9 Å². The molecule has 0 aromatic carbocycles. The van der Waals surface area contributed by atoms with E-state index in [0.717, 1.165) is 52.4 Å². The summed E-state index contributed by atoms with van der Waals surface area (Å²) >= 11 is 0. The maximum Gasteiger partial charge on any atom is 0.0715 e. The Balaban J connectivity index is -0.0000000444. The van der Waals surface area contributed by atoms with Gasteiger partial charge in [0, 0.05) is 314 Å². The van der Waals surface area contributed by atoms with Crippen molar-refractivity contribution in [2.45, 2.75) is 215 Å². The molecule has 24 heteroatoms. The summed E-state index contributed by atoms with van der Waals surface area (Å²) < 4.78 is 0. The van der Waals surface area contributed by atoms with Crippen molar-refractivity contribution in [2.24, 2.45) is 45.3 Å². The molecule has 0 saturated carbocycles. The number of aliphatic hydroxyl groups excluding tert-OH is 8. The van der Waals surface area contributed by atoms with Crippen molar-refractivity contribution in [1.29, 1.82) is 0 Å². The zero-order valence-electron chi connectivity index (χ0n) is 61.4. The average Bonchev–Trinajstić information content (AvgIpc) is 3.27. The minimum absolute atomic E-state index is 0. The summed E-state index contributed by atoms with van der Waals surface area (Å²) in [6, 6.07) is 0. The second-order valence-corrected chi connectivity index (χ2v) is 26.7. The topological polar surface area (TPSA) is 223 Å². The number of hydrogen-bond donors (Lipinski definition) is 12. The molecule has 0 amide bonds. The van der Waals surface area contributed by atoms with Gasteiger partial charge in [0.1, 0.15) is 0 Å². The first-order chi connectivity index (χ1) is 34.1. The summed E-state index contributed by atoms with van der Waals surface area (Å²) in [7, 11) is 15.6. The van der Waals surface area contributed by atoms with Gasteiger partial charge in [-0.15, -0.1) is 0 Å². The third-order valence-electron chi connectivity index (χ3n) is 12.2. The molecule has 0 rings (SSSR count). The second kappa shape index (κ2) is 80.2. The maximum absolute atomic E-state index is 9.65. The Bertz CT molecular complexity index is 1200. The summed E-state index contributed by atoms with van der Waals surface area (Å²) in [5.41, 5.74) is 0.0128. The van der Waals surface area contributed by atoms with Crippen LogP contribution in [0, 0.1) is 45.3 Å². The number of rotatable bonds is 24. The standard InChI is InChI=1S/C9H21NO.3C8H19NO.3C7H17NO.C6H15NO.8Y/c1-6-10(5)7-8(11)9(2,3)4;1-8(2,3)7(10)6-9(4)5;1-5-9-6-7(10)8(2,3)4;1-5-9(4)6-8(10)7(2)3;1-7(2,3)6(9)5-8-4;1-6(2)7(9)5-8(3)4;1-4-8-5-7(9)6(2)3;1-5(2)6(8)4-7-3;;;;;;;;/h8,11H,6-7H2,1-5H3;7,10H,6H2,1-5H3;7,9-10H,5-6H2,1-4H3;7-8,10H,5-6H2,1-4H3;6,8-9H,5H2,1-4H3;6-7,9H,5H2,1-4H3;6-9H,4-5H2,1-3H3;5-8H,4H2,1-3H3;;;;;;;;. The number of aliphatic hydroxyl groups is 8. The molecular weight excluding hydrogens is 1670 g/mol. The van der Waals surface area contributed by atoms with E-state index in [4.69, 9.17) is 5.11 Å². The molecule has 0 aliphatic carbocycles. The van der Waals surface area contributed by atoms with Gasteiger partial charge in [-0.2, -0.15) is 0 Å². The van der Waals surface area contributed by atoms with Gasteiger partial charge in [0.25, 0.3) is 0 Å². The second-order valence-electron chi connectivity index (χ2n) is 26.7. The fraction of sp³-hybridized carbons (Fsp3) is 1.00. The predicted octanol–water partition coefficient (Wildman–Crippen LogP) is 6.25. The van der Waals surface area contributed by atoms with Crippen LogP contribution in [0.5, 0.6) is 0 Å². The van der Waals surface area contributed by atoms with Crippen LogP contribution in [0.25, 0.3) is 0 Å². The van der Waals surface area contributed by atoms with Gasteiger partial charge >= 0.3 is 0 Å². The monoisotopic (exact) mass is 1820 g/mol. The average molecular weight is 1820 g/mol. The quantitative estimate of drug-likeness (QED) is 0.0514. The smallest absolute Gasteiger partial charge is 0.0715 e. The Morgan fingerprint density at radius 3 is 0.738 bits per heavy atom. The first-order valence-corrected chi connectivity index (χ1v) is 29.0. The van der Waals surface area contributed by atoms with Crippen molar-refractivity contribution in [3.05, 3.63) is 0 Å². The van der Waals surface area contributed by atoms with Crippen LogP contribution >= 0.6 is 0 Å². The Hall–Kier alpha value is 8.19. The number of likely N-dealkylation sites (N-methyl/N-ethyl adjacent to an activating group) is 8. The predicted molar refractivity (Wildman–Crippen MR) is 334 cm³/mol. The molecule has 8 unspecified atom stereocenters. The van der Waals surface area contributed by atoms with Crippen molar-refractivity contribution in [3.63, 3.8) is 0 Å². The Morgan fingerprint density at radius 1 is 0.310 bits per heavy atom. The van der Waals surface area contributed by atoms with Gasteiger partial charge in [-0.05, 0) is 128 Å². The van der Waals surface area contributed by atoms with E-state index in [1.165, 1.54) is 0 Å². The summed E-state index contributed by atoms with van der Waals surface area (Å²) in [5.74, 6) is 1.47. The van der Waals surface area contributed by atoms with Crippen LogP contribution < -0.4 is 21.3 Å². The fourth-order valence-electron chi connectivity index (χ4n) is 4.62. The van der Waals surface area contributed by atoms with Gasteiger partial charge in [0.2, 0.25) is 0 Å². The normalized spacial score (nSPS) is 13.7. The zero-order valence-corrected chi connectivity index (χ0v) is 84.1. The maximum atomic E-state index is 9.65. The first-order valence-electron chi connectivity index (χ1n) is 29.0. The number of nitrogens with zero attached hydrogens (tertiary/aromatic N) is 4. The van der Waals surface area contributed by atoms with Crippen LogP contribution in [0.1, 0.15) is 166 Å². The molecule has 16 nitrogen and oxygen atoms in total. The van der Waals surface area contributed by atoms with E-state index >= 15 is 0 Å². The zero-order chi connectivity index (χ0) is 62.6. The number of hydrogen-bond acceptors (Lipinski definition) is 16. The molecule has 0 fully saturated rings. The van der Waals surface area contributed by atoms with Gasteiger partial charge in [-0.25, -0.2) is 0 Å². The van der Waals surface area contributed by atoms with E-state index in [0.29, 0.717) is 49.9 Å². The Kier molecular flexibility index (Phi) is 126. The minimum atomic E-state index is -0.248. The van der Waals surface area contributed by atoms with Crippen LogP contribution in [-0.2, 0) is 262 Å². The Morgan fingerprint density at radius 2 is 0.548 bits per heavy atom. The van der Waals surface area contributed by atoms with Gasteiger partial charge < -0.3 is 81.7 Å². The molecule has 0 heterocycles. The molecule has 8 radical (unpaired) electrons. The summed E-state index contributed by atoms with van der Waals surface area (Å²) in [6.07, 6.45) is -1.69. The van der Waals surface area contributed by atoms with E-state index in [1.54, 1.807) is 0 Å². The van der Waals surface area contributed by atoms with Crippen molar-refractivity contribution in [2.75, 3.05) is 135 Å². The van der Waals surface area contributed by atoms with Gasteiger partial charge in [-0.1, -0.05) is 166 Å². The van der Waals surface area contributed by atoms with Crippen LogP contribution in [0.3, 0.4) is 0 Å². The molecule has 0 aliphatic rings. The van der Waals surface area contributed by atoms with Crippen molar-refractivity contribution < 1.29 is 303 Å². The van der Waals surface area contributed by atoms with E-state index in [9.17, 15) is 35.7 Å². The molecule has 0 aliphatic heterocycles. The van der Waals surface area contributed by atoms with E-state index in [1.807, 2.05) is 198 Å². The van der Waals surface area contributed by atoms with Gasteiger partial charge in [0.15, 0.2) is 0 Å². The minimum Gasteiger partial charge on any atom is -0.392 e. The van der Waals surface area contributed by atoms with E-state index in [2.05, 4.69) is 65.7 Å². The fourth-order valence-corrected chi connectivity index (χ4v) is 4.62. The van der Waals surface area contributed by atoms with Gasteiger partial charge in [-0.3, -0.25) is 0 Å². The summed E-state index contributed by atoms with van der Waals surface area (Å²) in [6.45, 7) is 58.6. The molecule has 0 bridgehead atoms. The Labute approximate surface area is 726 Å². The van der Waals surface area contributed by atoms with Crippen LogP contribution in [-0.4, -0.2) is 244 Å². The van der Waals surface area contributed by atoms with Crippen molar-refractivity contribution in [3.8, 4) is 0 Å². The molecule has 0 saturated heterocycles. The third kappa shape index (κ3) is 106. The first kappa shape index (κ1) is 132. The number of nitrogens with one attached hydrogen (secondary N) is 4. The van der Waals surface area contributed by atoms with E-state index in [-0.39, 0.29) is 332 Å². The van der Waals surface area contributed by atoms with Crippen molar-refractivity contribution >= 4 is 0 Å². The third-order valence-corrected chi connectivity index (χ3v) is 12.2. The van der Waals surface area contributed by atoms with Crippen LogP contribution in [0.2, 0.25) is 0 Å². The molecule has 0 aromatic heterocycles. The molecule has 84 heavy (non-hydrogen) atoms. The SMILES string of the molecule is CC(C)C(O)CN(C)C.CCN(C)CC(O)C(C)(C)C.CCN(C)CC(O)C(C)C.CCNCC(O)C(C)(C)C.CCNCC(O)C(C)C.CN(C)CC(O)C(C)(C)C.CNCC(O)C(C)(C)C.CNCC(O)C(C)C.[Y].[Y].[Y].[Y].[Y].[Y].[Y].[Y]. The van der Waals surface area contributed by atoms with E-state index < -0.39 is 0 Å². The van der Waals surface area contributed by atoms with Gasteiger partial charge in [0.05, 0.1) is 48.8 Å². The molecule has 0 spiro atoms. The molecule has 0 aromatic rings. The molecule has 8 atom stereocenters. The molecule has 12 N–H and O–H groups in total. The summed E-state index contributed by atoms with van der Waals surface area (Å²) in [5, 5.41) is 86.8. The van der Waals surface area contributed by atoms with Crippen LogP contribution in [0.4, 0.5) is 0 Å². The summed E-state index contributed by atoms with van der Waals surface area (Å²) in [4.78, 5) is 8.22. The largest absolute Gasteiger partial charge is 0.392 e. The molecular formula is C60H144N8O8Y8. The molecule has 496 valence electrons.